The number of rotatable bonds is 11. The summed E-state index contributed by atoms with van der Waals surface area (Å²) in [6.07, 6.45) is 6.52. The first-order chi connectivity index (χ1) is 14.6. The van der Waals surface area contributed by atoms with Crippen LogP contribution < -0.4 is 10.6 Å². The van der Waals surface area contributed by atoms with Gasteiger partial charge in [-0.05, 0) is 77.3 Å². The van der Waals surface area contributed by atoms with Crippen LogP contribution in [0, 0.1) is 5.92 Å². The van der Waals surface area contributed by atoms with Gasteiger partial charge in [0.25, 0.3) is 0 Å². The minimum Gasteiger partial charge on any atom is -0.444 e. The largest absolute Gasteiger partial charge is 0.444 e. The summed E-state index contributed by atoms with van der Waals surface area (Å²) in [5.41, 5.74) is 0.603. The second kappa shape index (κ2) is 11.8. The van der Waals surface area contributed by atoms with Gasteiger partial charge in [-0.25, -0.2) is 14.8 Å². The lowest BCUT2D eigenvalue weighted by Gasteiger charge is -2.40. The van der Waals surface area contributed by atoms with Gasteiger partial charge in [-0.3, -0.25) is 10.2 Å². The highest BCUT2D eigenvalue weighted by molar-refractivity contribution is 6.28. The summed E-state index contributed by atoms with van der Waals surface area (Å²) in [4.78, 5) is 22.3. The molecule has 1 saturated carbocycles. The molecule has 1 aromatic heterocycles. The van der Waals surface area contributed by atoms with Crippen molar-refractivity contribution in [1.82, 2.24) is 20.2 Å². The van der Waals surface area contributed by atoms with Crippen molar-refractivity contribution in [2.45, 2.75) is 77.6 Å². The number of halogens is 1. The molecule has 1 aromatic rings. The number of nitrogens with zero attached hydrogens (tertiary/aromatic N) is 3. The number of aromatic nitrogens is 2. The second-order valence-corrected chi connectivity index (χ2v) is 9.63. The van der Waals surface area contributed by atoms with E-state index < -0.39 is 5.60 Å². The topological polar surface area (TPSA) is 88.6 Å². The molecule has 1 atom stereocenters. The quantitative estimate of drug-likeness (QED) is 0.295. The van der Waals surface area contributed by atoms with E-state index in [9.17, 15) is 4.79 Å². The van der Waals surface area contributed by atoms with E-state index in [1.807, 2.05) is 33.9 Å². The van der Waals surface area contributed by atoms with Crippen LogP contribution in [0.15, 0.2) is 6.20 Å². The Kier molecular flexibility index (Phi) is 9.78. The van der Waals surface area contributed by atoms with Gasteiger partial charge < -0.3 is 14.8 Å². The van der Waals surface area contributed by atoms with E-state index in [0.29, 0.717) is 18.6 Å². The van der Waals surface area contributed by atoms with Gasteiger partial charge in [0.15, 0.2) is 0 Å². The Labute approximate surface area is 191 Å². The van der Waals surface area contributed by atoms with E-state index in [2.05, 4.69) is 20.6 Å². The summed E-state index contributed by atoms with van der Waals surface area (Å²) in [6, 6.07) is 0.415. The van der Waals surface area contributed by atoms with Crippen LogP contribution in [0.1, 0.15) is 58.9 Å². The minimum atomic E-state index is -0.491. The van der Waals surface area contributed by atoms with E-state index in [-0.39, 0.29) is 17.5 Å². The number of hydrogen-bond donors (Lipinski definition) is 2. The van der Waals surface area contributed by atoms with Crippen molar-refractivity contribution in [3.63, 3.8) is 0 Å². The molecular weight excluding hydrogens is 418 g/mol. The minimum absolute atomic E-state index is 0.0756. The number of amides is 1. The first-order valence-electron chi connectivity index (χ1n) is 11.0. The van der Waals surface area contributed by atoms with Gasteiger partial charge in [0.05, 0.1) is 6.17 Å². The van der Waals surface area contributed by atoms with Gasteiger partial charge in [-0.1, -0.05) is 0 Å². The van der Waals surface area contributed by atoms with Crippen molar-refractivity contribution in [1.29, 1.82) is 0 Å². The number of anilines is 1. The van der Waals surface area contributed by atoms with Crippen molar-refractivity contribution in [3.05, 3.63) is 17.0 Å². The highest BCUT2D eigenvalue weighted by atomic mass is 35.5. The van der Waals surface area contributed by atoms with Gasteiger partial charge >= 0.3 is 6.09 Å². The monoisotopic (exact) mass is 455 g/mol. The lowest BCUT2D eigenvalue weighted by Crippen LogP contribution is -2.53. The molecule has 176 valence electrons. The molecule has 1 amide bonds. The average molecular weight is 456 g/mol. The predicted molar refractivity (Wildman–Crippen MR) is 123 cm³/mol. The van der Waals surface area contributed by atoms with E-state index in [0.717, 1.165) is 50.0 Å². The lowest BCUT2D eigenvalue weighted by molar-refractivity contribution is 0.0173. The number of carbonyl (C=O) groups excluding carboxylic acids is 1. The van der Waals surface area contributed by atoms with Crippen LogP contribution in [-0.2, 0) is 15.9 Å². The summed E-state index contributed by atoms with van der Waals surface area (Å²) in [5, 5.41) is 7.13. The molecule has 8 nitrogen and oxygen atoms in total. The molecular formula is C22H38ClN5O3. The Balaban J connectivity index is 1.74. The van der Waals surface area contributed by atoms with Crippen molar-refractivity contribution < 1.29 is 14.3 Å². The Bertz CT molecular complexity index is 707. The first kappa shape index (κ1) is 25.6. The molecule has 31 heavy (non-hydrogen) atoms. The van der Waals surface area contributed by atoms with E-state index in [1.54, 1.807) is 19.1 Å². The van der Waals surface area contributed by atoms with Crippen LogP contribution in [0.4, 0.5) is 10.6 Å². The normalized spacial score (nSPS) is 19.5. The number of nitrogens with one attached hydrogen (secondary N) is 2. The van der Waals surface area contributed by atoms with Crippen molar-refractivity contribution in [2.75, 3.05) is 32.6 Å². The van der Waals surface area contributed by atoms with Gasteiger partial charge in [-0.15, -0.1) is 0 Å². The van der Waals surface area contributed by atoms with Crippen molar-refractivity contribution in [3.8, 4) is 0 Å². The number of methoxy groups -OCH3 is 1. The maximum atomic E-state index is 12.2. The van der Waals surface area contributed by atoms with Crippen molar-refractivity contribution in [2.24, 2.45) is 5.92 Å². The lowest BCUT2D eigenvalue weighted by atomic mass is 9.77. The first-order valence-corrected chi connectivity index (χ1v) is 11.4. The molecule has 0 aliphatic heterocycles. The fourth-order valence-corrected chi connectivity index (χ4v) is 3.69. The summed E-state index contributed by atoms with van der Waals surface area (Å²) >= 11 is 5.98. The van der Waals surface area contributed by atoms with E-state index >= 15 is 0 Å². The standard InChI is InChI=1S/C22H38ClN5O3/c1-15(28(5)21(29)31-22(2,3)4)26-18-12-16(13-18)8-9-17-14-25-20(23)27-19(17)24-10-7-11-30-6/h14-16,18,26H,7-13H2,1-6H3,(H,24,25,27)/t15-,16-,18+/m0/s1. The van der Waals surface area contributed by atoms with Crippen LogP contribution in [-0.4, -0.2) is 66.1 Å². The van der Waals surface area contributed by atoms with Crippen LogP contribution in [0.25, 0.3) is 0 Å². The molecule has 1 fully saturated rings. The fraction of sp³-hybridized carbons (Fsp3) is 0.773. The van der Waals surface area contributed by atoms with E-state index in [1.165, 1.54) is 0 Å². The number of aryl methyl sites for hydroxylation is 1. The van der Waals surface area contributed by atoms with Crippen LogP contribution >= 0.6 is 11.6 Å². The third-order valence-electron chi connectivity index (χ3n) is 5.45. The maximum absolute atomic E-state index is 12.2. The SMILES string of the molecule is COCCCNc1nc(Cl)ncc1CC[C@H]1C[C@@H](N[C@H](C)N(C)C(=O)OC(C)(C)C)C1. The maximum Gasteiger partial charge on any atom is 0.411 e. The zero-order valence-corrected chi connectivity index (χ0v) is 20.5. The third-order valence-corrected chi connectivity index (χ3v) is 5.63. The summed E-state index contributed by atoms with van der Waals surface area (Å²) in [7, 11) is 3.47. The molecule has 0 unspecified atom stereocenters. The Morgan fingerprint density at radius 1 is 1.39 bits per heavy atom. The smallest absolute Gasteiger partial charge is 0.411 e. The molecule has 1 aliphatic carbocycles. The van der Waals surface area contributed by atoms with Gasteiger partial charge in [0, 0.05) is 45.1 Å². The highest BCUT2D eigenvalue weighted by Crippen LogP contribution is 2.32. The molecule has 2 N–H and O–H groups in total. The third kappa shape index (κ3) is 8.79. The second-order valence-electron chi connectivity index (χ2n) is 9.29. The molecule has 2 rings (SSSR count). The molecule has 0 saturated heterocycles. The number of hydrogen-bond acceptors (Lipinski definition) is 7. The Morgan fingerprint density at radius 2 is 2.10 bits per heavy atom. The van der Waals surface area contributed by atoms with Gasteiger partial charge in [0.2, 0.25) is 5.28 Å². The zero-order valence-electron chi connectivity index (χ0n) is 19.7. The van der Waals surface area contributed by atoms with E-state index in [4.69, 9.17) is 21.1 Å². The number of carbonyl (C=O) groups is 1. The summed E-state index contributed by atoms with van der Waals surface area (Å²) in [5.74, 6) is 1.46. The Morgan fingerprint density at radius 3 is 2.74 bits per heavy atom. The molecule has 9 heteroatoms. The number of ether oxygens (including phenoxy) is 2. The zero-order chi connectivity index (χ0) is 23.0. The predicted octanol–water partition coefficient (Wildman–Crippen LogP) is 4.09. The molecule has 1 heterocycles. The summed E-state index contributed by atoms with van der Waals surface area (Å²) in [6.45, 7) is 9.11. The van der Waals surface area contributed by atoms with Crippen LogP contribution in [0.2, 0.25) is 5.28 Å². The van der Waals surface area contributed by atoms with Crippen molar-refractivity contribution >= 4 is 23.5 Å². The summed E-state index contributed by atoms with van der Waals surface area (Å²) < 4.78 is 10.5. The Hall–Kier alpha value is -1.64. The van der Waals surface area contributed by atoms with Gasteiger partial charge in [-0.2, -0.15) is 0 Å². The molecule has 0 aromatic carbocycles. The average Bonchev–Trinajstić information content (AvgIpc) is 2.65. The highest BCUT2D eigenvalue weighted by Gasteiger charge is 2.32. The fourth-order valence-electron chi connectivity index (χ4n) is 3.56. The molecule has 0 bridgehead atoms. The molecule has 1 aliphatic rings. The molecule has 0 radical (unpaired) electrons. The van der Waals surface area contributed by atoms with Crippen LogP contribution in [0.3, 0.4) is 0 Å². The van der Waals surface area contributed by atoms with Crippen LogP contribution in [0.5, 0.6) is 0 Å². The van der Waals surface area contributed by atoms with Gasteiger partial charge in [0.1, 0.15) is 11.4 Å². The molecule has 0 spiro atoms.